The van der Waals surface area contributed by atoms with E-state index in [0.29, 0.717) is 42.8 Å². The van der Waals surface area contributed by atoms with Gasteiger partial charge in [0.2, 0.25) is 5.95 Å². The fourth-order valence-electron chi connectivity index (χ4n) is 6.27. The molecule has 1 aromatic carbocycles. The summed E-state index contributed by atoms with van der Waals surface area (Å²) in [5.74, 6) is -0.108. The maximum absolute atomic E-state index is 13.9. The average molecular weight is 601 g/mol. The molecule has 1 aromatic heterocycles. The quantitative estimate of drug-likeness (QED) is 0.367. The molecule has 3 heterocycles. The minimum atomic E-state index is -4.74. The number of aromatic nitrogens is 2. The SMILES string of the molecule is Cc1ccc(C(C)Nc2nc(N3CC(C4CCCN(C5CC(C)(C(=O)O)C5)C4)C3)nc(C(F)(F)F)c2Cl)c(Cl)c1. The summed E-state index contributed by atoms with van der Waals surface area (Å²) < 4.78 is 41.7. The van der Waals surface area contributed by atoms with Gasteiger partial charge in [-0.1, -0.05) is 35.3 Å². The minimum absolute atomic E-state index is 0.00145. The normalized spacial score (nSPS) is 26.6. The van der Waals surface area contributed by atoms with E-state index in [9.17, 15) is 23.1 Å². The van der Waals surface area contributed by atoms with E-state index in [1.54, 1.807) is 24.8 Å². The zero-order chi connectivity index (χ0) is 29.0. The standard InChI is InChI=1S/C28H34Cl2F3N5O2/c1-15-6-7-20(21(29)9-15)16(2)34-24-22(30)23(28(31,32)33)35-26(36-24)38-13-18(14-38)17-5-4-8-37(12-17)19-10-27(3,11-19)25(39)40/h6-7,9,16-19H,4-5,8,10-14H2,1-3H3,(H,39,40)(H,34,35,36). The third kappa shape index (κ3) is 5.72. The summed E-state index contributed by atoms with van der Waals surface area (Å²) in [6.45, 7) is 8.47. The van der Waals surface area contributed by atoms with Gasteiger partial charge in [-0.25, -0.2) is 4.98 Å². The Morgan fingerprint density at radius 1 is 1.18 bits per heavy atom. The van der Waals surface area contributed by atoms with E-state index in [1.165, 1.54) is 0 Å². The summed E-state index contributed by atoms with van der Waals surface area (Å²) in [6, 6.07) is 5.35. The van der Waals surface area contributed by atoms with Crippen molar-refractivity contribution >= 4 is 40.9 Å². The number of nitrogens with zero attached hydrogens (tertiary/aromatic N) is 4. The molecule has 40 heavy (non-hydrogen) atoms. The first-order valence-corrected chi connectivity index (χ1v) is 14.4. The van der Waals surface area contributed by atoms with Gasteiger partial charge in [-0.2, -0.15) is 18.2 Å². The highest BCUT2D eigenvalue weighted by Crippen LogP contribution is 2.46. The lowest BCUT2D eigenvalue weighted by atomic mass is 9.65. The Balaban J connectivity index is 1.28. The van der Waals surface area contributed by atoms with Crippen molar-refractivity contribution in [2.75, 3.05) is 36.4 Å². The van der Waals surface area contributed by atoms with Crippen LogP contribution < -0.4 is 10.2 Å². The van der Waals surface area contributed by atoms with Crippen LogP contribution in [0.5, 0.6) is 0 Å². The van der Waals surface area contributed by atoms with E-state index in [4.69, 9.17) is 23.2 Å². The fraction of sp³-hybridized carbons (Fsp3) is 0.607. The Bertz CT molecular complexity index is 1280. The summed E-state index contributed by atoms with van der Waals surface area (Å²) >= 11 is 12.6. The van der Waals surface area contributed by atoms with Crippen LogP contribution in [0.15, 0.2) is 18.2 Å². The van der Waals surface area contributed by atoms with Crippen molar-refractivity contribution in [3.63, 3.8) is 0 Å². The van der Waals surface area contributed by atoms with Crippen molar-refractivity contribution in [3.05, 3.63) is 45.1 Å². The molecular weight excluding hydrogens is 566 g/mol. The van der Waals surface area contributed by atoms with Crippen LogP contribution in [0, 0.1) is 24.2 Å². The average Bonchev–Trinajstić information content (AvgIpc) is 2.82. The van der Waals surface area contributed by atoms with Gasteiger partial charge in [0, 0.05) is 30.7 Å². The van der Waals surface area contributed by atoms with E-state index >= 15 is 0 Å². The molecule has 0 spiro atoms. The Morgan fingerprint density at radius 3 is 2.50 bits per heavy atom. The van der Waals surface area contributed by atoms with E-state index in [-0.39, 0.29) is 17.8 Å². The summed E-state index contributed by atoms with van der Waals surface area (Å²) in [5, 5.41) is 12.4. The minimum Gasteiger partial charge on any atom is -0.481 e. The molecule has 3 aliphatic rings. The number of carbonyl (C=O) groups is 1. The molecule has 0 amide bonds. The zero-order valence-corrected chi connectivity index (χ0v) is 24.2. The summed E-state index contributed by atoms with van der Waals surface area (Å²) in [4.78, 5) is 23.9. The fourth-order valence-corrected chi connectivity index (χ4v) is 6.92. The van der Waals surface area contributed by atoms with Crippen LogP contribution in [-0.4, -0.2) is 58.2 Å². The molecule has 5 rings (SSSR count). The highest BCUT2D eigenvalue weighted by Gasteiger charge is 2.50. The van der Waals surface area contributed by atoms with Crippen LogP contribution in [0.3, 0.4) is 0 Å². The van der Waals surface area contributed by atoms with Crippen LogP contribution in [0.4, 0.5) is 24.9 Å². The molecule has 2 aliphatic heterocycles. The second kappa shape index (κ2) is 10.8. The number of halogens is 5. The van der Waals surface area contributed by atoms with Gasteiger partial charge in [-0.05, 0) is 82.0 Å². The number of benzene rings is 1. The van der Waals surface area contributed by atoms with Gasteiger partial charge in [-0.15, -0.1) is 0 Å². The van der Waals surface area contributed by atoms with Crippen LogP contribution >= 0.6 is 23.2 Å². The zero-order valence-electron chi connectivity index (χ0n) is 22.7. The molecule has 3 fully saturated rings. The molecule has 2 atom stereocenters. The number of alkyl halides is 3. The lowest BCUT2D eigenvalue weighted by Gasteiger charge is -2.52. The van der Waals surface area contributed by atoms with Crippen molar-refractivity contribution in [1.82, 2.24) is 14.9 Å². The Hall–Kier alpha value is -2.30. The predicted octanol–water partition coefficient (Wildman–Crippen LogP) is 6.69. The maximum atomic E-state index is 13.9. The molecule has 1 aliphatic carbocycles. The van der Waals surface area contributed by atoms with Crippen molar-refractivity contribution in [2.24, 2.45) is 17.3 Å². The van der Waals surface area contributed by atoms with Gasteiger partial charge in [0.15, 0.2) is 11.5 Å². The third-order valence-corrected chi connectivity index (χ3v) is 9.52. The number of hydrogen-bond acceptors (Lipinski definition) is 6. The maximum Gasteiger partial charge on any atom is 0.435 e. The number of rotatable bonds is 7. The van der Waals surface area contributed by atoms with E-state index in [0.717, 1.165) is 37.1 Å². The van der Waals surface area contributed by atoms with Gasteiger partial charge < -0.3 is 20.2 Å². The molecular formula is C28H34Cl2F3N5O2. The highest BCUT2D eigenvalue weighted by molar-refractivity contribution is 6.33. The van der Waals surface area contributed by atoms with Crippen LogP contribution in [0.2, 0.25) is 10.0 Å². The van der Waals surface area contributed by atoms with Gasteiger partial charge in [0.25, 0.3) is 0 Å². The van der Waals surface area contributed by atoms with Gasteiger partial charge >= 0.3 is 12.1 Å². The van der Waals surface area contributed by atoms with Gasteiger partial charge in [0.05, 0.1) is 11.5 Å². The smallest absolute Gasteiger partial charge is 0.435 e. The monoisotopic (exact) mass is 599 g/mol. The lowest BCUT2D eigenvalue weighted by Crippen LogP contribution is -2.58. The molecule has 2 N–H and O–H groups in total. The van der Waals surface area contributed by atoms with Crippen LogP contribution in [0.1, 0.15) is 62.4 Å². The number of piperidine rings is 1. The topological polar surface area (TPSA) is 81.6 Å². The Morgan fingerprint density at radius 2 is 1.88 bits per heavy atom. The molecule has 0 bridgehead atoms. The van der Waals surface area contributed by atoms with Crippen molar-refractivity contribution in [3.8, 4) is 0 Å². The second-order valence-electron chi connectivity index (χ2n) is 11.9. The Labute approximate surface area is 242 Å². The largest absolute Gasteiger partial charge is 0.481 e. The first-order chi connectivity index (χ1) is 18.7. The van der Waals surface area contributed by atoms with E-state index < -0.39 is 34.3 Å². The van der Waals surface area contributed by atoms with Gasteiger partial charge in [0.1, 0.15) is 5.02 Å². The number of aliphatic carboxylic acids is 1. The van der Waals surface area contributed by atoms with E-state index in [1.807, 2.05) is 19.1 Å². The number of carboxylic acid groups (broad SMARTS) is 1. The molecule has 12 heteroatoms. The van der Waals surface area contributed by atoms with E-state index in [2.05, 4.69) is 20.2 Å². The first kappa shape index (κ1) is 29.2. The number of nitrogens with one attached hydrogen (secondary N) is 1. The summed E-state index contributed by atoms with van der Waals surface area (Å²) in [5.41, 5.74) is -0.107. The molecule has 218 valence electrons. The van der Waals surface area contributed by atoms with Gasteiger partial charge in [-0.3, -0.25) is 4.79 Å². The molecule has 1 saturated carbocycles. The number of anilines is 2. The van der Waals surface area contributed by atoms with Crippen LogP contribution in [0.25, 0.3) is 0 Å². The Kier molecular flexibility index (Phi) is 7.91. The summed E-state index contributed by atoms with van der Waals surface area (Å²) in [7, 11) is 0. The van der Waals surface area contributed by atoms with Crippen LogP contribution in [-0.2, 0) is 11.0 Å². The molecule has 0 radical (unpaired) electrons. The van der Waals surface area contributed by atoms with Crippen molar-refractivity contribution in [1.29, 1.82) is 0 Å². The number of hydrogen-bond donors (Lipinski definition) is 2. The number of likely N-dealkylation sites (tertiary alicyclic amines) is 1. The van der Waals surface area contributed by atoms with Crippen molar-refractivity contribution < 1.29 is 23.1 Å². The first-order valence-electron chi connectivity index (χ1n) is 13.6. The number of aryl methyl sites for hydroxylation is 1. The molecule has 2 saturated heterocycles. The van der Waals surface area contributed by atoms with Crippen molar-refractivity contribution in [2.45, 2.75) is 64.7 Å². The lowest BCUT2D eigenvalue weighted by molar-refractivity contribution is -0.158. The third-order valence-electron chi connectivity index (χ3n) is 8.84. The molecule has 2 aromatic rings. The molecule has 7 nitrogen and oxygen atoms in total. The highest BCUT2D eigenvalue weighted by atomic mass is 35.5. The predicted molar refractivity (Wildman–Crippen MR) is 149 cm³/mol. The second-order valence-corrected chi connectivity index (χ2v) is 12.7. The molecule has 2 unspecified atom stereocenters. The summed E-state index contributed by atoms with van der Waals surface area (Å²) in [6.07, 6.45) is -1.34. The number of carboxylic acids is 1.